The molecule has 0 saturated carbocycles. The van der Waals surface area contributed by atoms with Gasteiger partial charge in [-0.3, -0.25) is 0 Å². The highest BCUT2D eigenvalue weighted by molar-refractivity contribution is 6.75. The Morgan fingerprint density at radius 1 is 1.25 bits per heavy atom. The maximum absolute atomic E-state index is 5.21. The smallest absolute Gasteiger partial charge is 0.00744 e. The van der Waals surface area contributed by atoms with Crippen molar-refractivity contribution in [3.8, 4) is 12.8 Å². The minimum absolute atomic E-state index is 0. The van der Waals surface area contributed by atoms with E-state index in [4.69, 9.17) is 5.73 Å². The van der Waals surface area contributed by atoms with Crippen molar-refractivity contribution < 1.29 is 0 Å². The van der Waals surface area contributed by atoms with Crippen molar-refractivity contribution in [2.45, 2.75) is 20.8 Å². The average Bonchev–Trinajstić information content (AvgIpc) is 2.13. The predicted molar refractivity (Wildman–Crippen MR) is 60.3 cm³/mol. The number of hydrogen-bond acceptors (Lipinski definition) is 2. The van der Waals surface area contributed by atoms with Crippen molar-refractivity contribution >= 4 is 15.5 Å². The molecule has 0 aromatic carbocycles. The van der Waals surface area contributed by atoms with Gasteiger partial charge in [0.15, 0.2) is 0 Å². The molecule has 4 radical (unpaired) electrons. The summed E-state index contributed by atoms with van der Waals surface area (Å²) in [5.74, 6) is 0. The zero-order chi connectivity index (χ0) is 9.54. The monoisotopic (exact) mass is 166 g/mol. The minimum Gasteiger partial charge on any atom is -0.329 e. The minimum atomic E-state index is 0. The van der Waals surface area contributed by atoms with Crippen molar-refractivity contribution in [1.82, 2.24) is 5.32 Å². The molecule has 0 saturated heterocycles. The molecule has 0 aliphatic carbocycles. The third-order valence-corrected chi connectivity index (χ3v) is 0.748. The van der Waals surface area contributed by atoms with Gasteiger partial charge in [-0.25, -0.2) is 0 Å². The van der Waals surface area contributed by atoms with Gasteiger partial charge in [-0.15, -0.1) is 12.8 Å². The van der Waals surface area contributed by atoms with Gasteiger partial charge in [-0.2, -0.15) is 0 Å². The summed E-state index contributed by atoms with van der Waals surface area (Å²) in [7, 11) is 8.00. The molecule has 0 bridgehead atoms. The van der Waals surface area contributed by atoms with E-state index in [2.05, 4.69) is 40.6 Å². The van der Waals surface area contributed by atoms with Crippen LogP contribution in [0.4, 0.5) is 0 Å². The molecule has 0 amide bonds. The van der Waals surface area contributed by atoms with Crippen LogP contribution in [0, 0.1) is 12.8 Å². The van der Waals surface area contributed by atoms with Crippen molar-refractivity contribution in [1.29, 1.82) is 0 Å². The third kappa shape index (κ3) is 54.7. The van der Waals surface area contributed by atoms with Gasteiger partial charge in [0.05, 0.1) is 0 Å². The largest absolute Gasteiger partial charge is 0.329 e. The van der Waals surface area contributed by atoms with Gasteiger partial charge in [0.1, 0.15) is 0 Å². The third-order valence-electron chi connectivity index (χ3n) is 0.748. The Morgan fingerprint density at radius 3 is 1.92 bits per heavy atom. The fraction of sp³-hybridized carbons (Fsp3) is 0.750. The first-order chi connectivity index (χ1) is 5.41. The molecule has 0 aliphatic rings. The fourth-order valence-electron chi connectivity index (χ4n) is 0.404. The molecule has 0 spiro atoms. The number of nitrogens with one attached hydrogen (secondary N) is 1. The summed E-state index contributed by atoms with van der Waals surface area (Å²) in [4.78, 5) is 0. The summed E-state index contributed by atoms with van der Waals surface area (Å²) in [6.45, 7) is 4.94. The van der Waals surface area contributed by atoms with Crippen LogP contribution in [0.5, 0.6) is 0 Å². The van der Waals surface area contributed by atoms with Crippen molar-refractivity contribution in [3.05, 3.63) is 0 Å². The molecule has 0 rings (SSSR count). The summed E-state index contributed by atoms with van der Waals surface area (Å²) in [5.41, 5.74) is 5.21. The van der Waals surface area contributed by atoms with E-state index in [1.54, 1.807) is 0 Å². The summed E-state index contributed by atoms with van der Waals surface area (Å²) >= 11 is 0. The van der Waals surface area contributed by atoms with Gasteiger partial charge in [0.2, 0.25) is 0 Å². The van der Waals surface area contributed by atoms with Crippen LogP contribution in [0.15, 0.2) is 0 Å². The van der Waals surface area contributed by atoms with Crippen LogP contribution < -0.4 is 11.1 Å². The first kappa shape index (κ1) is 22.6. The summed E-state index contributed by atoms with van der Waals surface area (Å²) < 4.78 is 0. The summed E-state index contributed by atoms with van der Waals surface area (Å²) in [5, 5.41) is 3.16. The zero-order valence-corrected chi connectivity index (χ0v) is 7.22. The lowest BCUT2D eigenvalue weighted by Gasteiger charge is -1.95. The van der Waals surface area contributed by atoms with Crippen LogP contribution in [0.3, 0.4) is 0 Å². The molecule has 0 aliphatic heterocycles. The Morgan fingerprint density at radius 2 is 1.67 bits per heavy atom. The Labute approximate surface area is 80.5 Å². The molecule has 4 heteroatoms. The first-order valence-corrected chi connectivity index (χ1v) is 3.49. The second-order valence-electron chi connectivity index (χ2n) is 1.54. The highest BCUT2D eigenvalue weighted by atomic mass is 14.9. The van der Waals surface area contributed by atoms with Gasteiger partial charge in [-0.05, 0) is 13.0 Å². The molecule has 0 aromatic rings. The van der Waals surface area contributed by atoms with E-state index < -0.39 is 0 Å². The average molecular weight is 166 g/mol. The van der Waals surface area contributed by atoms with E-state index in [9.17, 15) is 0 Å². The van der Waals surface area contributed by atoms with Crippen molar-refractivity contribution in [2.75, 3.05) is 19.6 Å². The Balaban J connectivity index is -0.0000000560. The number of rotatable bonds is 4. The standard InChI is InChI=1S/C5H14N2.C2H2.CH4.B2/c1-2-4-7-5-3-6;1-2;;1-2/h7H,2-6H2,1H3;1-2H;1H4;. The number of terminal acetylenes is 1. The molecule has 0 unspecified atom stereocenters. The lowest BCUT2D eigenvalue weighted by Crippen LogP contribution is -2.22. The van der Waals surface area contributed by atoms with Gasteiger partial charge < -0.3 is 11.1 Å². The van der Waals surface area contributed by atoms with Crippen LogP contribution >= 0.6 is 0 Å². The molecule has 0 aromatic heterocycles. The van der Waals surface area contributed by atoms with Crippen LogP contribution in [0.25, 0.3) is 0 Å². The molecule has 0 heterocycles. The predicted octanol–water partition coefficient (Wildman–Crippen LogP) is 0.0686. The molecule has 0 fully saturated rings. The molecule has 68 valence electrons. The first-order valence-electron chi connectivity index (χ1n) is 3.49. The lowest BCUT2D eigenvalue weighted by atomic mass is 9.81. The fourth-order valence-corrected chi connectivity index (χ4v) is 0.404. The summed E-state index contributed by atoms with van der Waals surface area (Å²) in [6.07, 6.45) is 9.19. The topological polar surface area (TPSA) is 38.0 Å². The second-order valence-corrected chi connectivity index (χ2v) is 1.54. The van der Waals surface area contributed by atoms with E-state index >= 15 is 0 Å². The van der Waals surface area contributed by atoms with Gasteiger partial charge >= 0.3 is 0 Å². The Kier molecular flexibility index (Phi) is 86.7. The molecule has 3 N–H and O–H groups in total. The van der Waals surface area contributed by atoms with Gasteiger partial charge in [0, 0.05) is 28.6 Å². The maximum atomic E-state index is 5.21. The number of hydrogen-bond donors (Lipinski definition) is 2. The normalized spacial score (nSPS) is 6.00. The molecule has 12 heavy (non-hydrogen) atoms. The van der Waals surface area contributed by atoms with E-state index in [-0.39, 0.29) is 7.43 Å². The van der Waals surface area contributed by atoms with Gasteiger partial charge in [-0.1, -0.05) is 14.4 Å². The van der Waals surface area contributed by atoms with Gasteiger partial charge in [0.25, 0.3) is 0 Å². The highest BCUT2D eigenvalue weighted by Crippen LogP contribution is 1.65. The molecule has 0 atom stereocenters. The maximum Gasteiger partial charge on any atom is 0.00744 e. The van der Waals surface area contributed by atoms with E-state index in [0.29, 0.717) is 0 Å². The van der Waals surface area contributed by atoms with E-state index in [0.717, 1.165) is 19.6 Å². The SMILES string of the molecule is C.C#C.CCCNCCN.[B][B]. The Bertz CT molecular complexity index is 54.3. The summed E-state index contributed by atoms with van der Waals surface area (Å²) in [6, 6.07) is 0. The van der Waals surface area contributed by atoms with E-state index in [1.807, 2.05) is 0 Å². The number of nitrogens with two attached hydrogens (primary N) is 1. The molecular formula is C8H20B2N2. The second kappa shape index (κ2) is 46.1. The van der Waals surface area contributed by atoms with Crippen molar-refractivity contribution in [2.24, 2.45) is 5.73 Å². The van der Waals surface area contributed by atoms with Crippen LogP contribution in [0.1, 0.15) is 20.8 Å². The molecular weight excluding hydrogens is 146 g/mol. The lowest BCUT2D eigenvalue weighted by molar-refractivity contribution is 0.678. The quantitative estimate of drug-likeness (QED) is 0.352. The van der Waals surface area contributed by atoms with Crippen molar-refractivity contribution in [3.63, 3.8) is 0 Å². The molecule has 2 nitrogen and oxygen atoms in total. The van der Waals surface area contributed by atoms with Crippen LogP contribution in [-0.4, -0.2) is 35.1 Å². The Hall–Kier alpha value is -0.390. The van der Waals surface area contributed by atoms with Crippen LogP contribution in [0.2, 0.25) is 0 Å². The van der Waals surface area contributed by atoms with Crippen LogP contribution in [-0.2, 0) is 0 Å². The zero-order valence-electron chi connectivity index (χ0n) is 7.22. The highest BCUT2D eigenvalue weighted by Gasteiger charge is 1.76. The van der Waals surface area contributed by atoms with E-state index in [1.165, 1.54) is 6.42 Å².